The molecule has 0 unspecified atom stereocenters. The molecule has 1 aromatic rings. The summed E-state index contributed by atoms with van der Waals surface area (Å²) in [5.74, 6) is 0.356. The molecule has 96 valence electrons. The van der Waals surface area contributed by atoms with Crippen LogP contribution >= 0.6 is 0 Å². The minimum atomic E-state index is -0.256. The van der Waals surface area contributed by atoms with Crippen LogP contribution < -0.4 is 5.32 Å². The first-order valence-electron chi connectivity index (χ1n) is 6.26. The summed E-state index contributed by atoms with van der Waals surface area (Å²) in [5, 5.41) is 12.0. The van der Waals surface area contributed by atoms with Gasteiger partial charge in [-0.2, -0.15) is 5.26 Å². The standard InChI is InChI=1S/C14H17FN2O/c15-14-2-1-12(8-16)7-13(14)10-17-9-11-3-5-18-6-4-11/h1-2,7,11,17H,3-6,9-10H2. The van der Waals surface area contributed by atoms with Crippen LogP contribution in [0.5, 0.6) is 0 Å². The molecular formula is C14H17FN2O. The number of halogens is 1. The number of rotatable bonds is 4. The van der Waals surface area contributed by atoms with E-state index in [0.29, 0.717) is 23.6 Å². The van der Waals surface area contributed by atoms with Gasteiger partial charge in [0.25, 0.3) is 0 Å². The van der Waals surface area contributed by atoms with E-state index < -0.39 is 0 Å². The van der Waals surface area contributed by atoms with E-state index in [1.54, 1.807) is 6.07 Å². The fraction of sp³-hybridized carbons (Fsp3) is 0.500. The summed E-state index contributed by atoms with van der Waals surface area (Å²) in [6.07, 6.45) is 2.13. The molecule has 0 atom stereocenters. The van der Waals surface area contributed by atoms with Crippen LogP contribution in [0.4, 0.5) is 4.39 Å². The van der Waals surface area contributed by atoms with E-state index in [0.717, 1.165) is 32.6 Å². The van der Waals surface area contributed by atoms with Gasteiger partial charge >= 0.3 is 0 Å². The smallest absolute Gasteiger partial charge is 0.127 e. The summed E-state index contributed by atoms with van der Waals surface area (Å²) in [5.41, 5.74) is 1.06. The largest absolute Gasteiger partial charge is 0.381 e. The molecule has 1 fully saturated rings. The molecule has 0 amide bonds. The van der Waals surface area contributed by atoms with Crippen molar-refractivity contribution in [1.29, 1.82) is 5.26 Å². The molecule has 1 saturated heterocycles. The summed E-state index contributed by atoms with van der Waals surface area (Å²) in [6.45, 7) is 2.99. The van der Waals surface area contributed by atoms with E-state index in [1.165, 1.54) is 12.1 Å². The Morgan fingerprint density at radius 2 is 2.17 bits per heavy atom. The first-order valence-corrected chi connectivity index (χ1v) is 6.26. The second kappa shape index (κ2) is 6.48. The number of hydrogen-bond acceptors (Lipinski definition) is 3. The highest BCUT2D eigenvalue weighted by Crippen LogP contribution is 2.14. The zero-order chi connectivity index (χ0) is 12.8. The third-order valence-corrected chi connectivity index (χ3v) is 3.26. The van der Waals surface area contributed by atoms with E-state index in [2.05, 4.69) is 5.32 Å². The Morgan fingerprint density at radius 3 is 2.89 bits per heavy atom. The van der Waals surface area contributed by atoms with Crippen molar-refractivity contribution in [2.45, 2.75) is 19.4 Å². The van der Waals surface area contributed by atoms with E-state index in [9.17, 15) is 4.39 Å². The Morgan fingerprint density at radius 1 is 1.39 bits per heavy atom. The van der Waals surface area contributed by atoms with Gasteiger partial charge in [-0.15, -0.1) is 0 Å². The first kappa shape index (κ1) is 13.0. The van der Waals surface area contributed by atoms with Crippen LogP contribution in [0.15, 0.2) is 18.2 Å². The predicted molar refractivity (Wildman–Crippen MR) is 66.4 cm³/mol. The number of hydrogen-bond donors (Lipinski definition) is 1. The van der Waals surface area contributed by atoms with E-state index in [4.69, 9.17) is 10.00 Å². The summed E-state index contributed by atoms with van der Waals surface area (Å²) in [7, 11) is 0. The highest BCUT2D eigenvalue weighted by atomic mass is 19.1. The van der Waals surface area contributed by atoms with Gasteiger partial charge in [0.15, 0.2) is 0 Å². The van der Waals surface area contributed by atoms with Gasteiger partial charge in [0, 0.05) is 25.3 Å². The van der Waals surface area contributed by atoms with Crippen molar-refractivity contribution in [2.24, 2.45) is 5.92 Å². The molecule has 18 heavy (non-hydrogen) atoms. The number of nitrogens with zero attached hydrogens (tertiary/aromatic N) is 1. The zero-order valence-electron chi connectivity index (χ0n) is 10.3. The van der Waals surface area contributed by atoms with Gasteiger partial charge in [-0.05, 0) is 43.5 Å². The summed E-state index contributed by atoms with van der Waals surface area (Å²) >= 11 is 0. The topological polar surface area (TPSA) is 45.0 Å². The van der Waals surface area contributed by atoms with Crippen molar-refractivity contribution < 1.29 is 9.13 Å². The molecule has 0 saturated carbocycles. The molecule has 4 heteroatoms. The normalized spacial score (nSPS) is 16.4. The summed E-state index contributed by atoms with van der Waals surface area (Å²) in [6, 6.07) is 6.48. The molecule has 0 radical (unpaired) electrons. The van der Waals surface area contributed by atoms with Crippen LogP contribution in [0.2, 0.25) is 0 Å². The summed E-state index contributed by atoms with van der Waals surface area (Å²) < 4.78 is 18.8. The molecular weight excluding hydrogens is 231 g/mol. The van der Waals surface area contributed by atoms with Gasteiger partial charge in [0.1, 0.15) is 5.82 Å². The SMILES string of the molecule is N#Cc1ccc(F)c(CNCC2CCOCC2)c1. The molecule has 0 aliphatic carbocycles. The maximum atomic E-state index is 13.5. The van der Waals surface area contributed by atoms with Gasteiger partial charge in [0.2, 0.25) is 0 Å². The van der Waals surface area contributed by atoms with Crippen molar-refractivity contribution >= 4 is 0 Å². The van der Waals surface area contributed by atoms with Crippen LogP contribution in [0.25, 0.3) is 0 Å². The molecule has 1 N–H and O–H groups in total. The average Bonchev–Trinajstić information content (AvgIpc) is 2.42. The lowest BCUT2D eigenvalue weighted by Crippen LogP contribution is -2.27. The molecule has 1 aromatic carbocycles. The van der Waals surface area contributed by atoms with E-state index in [1.807, 2.05) is 6.07 Å². The Kier molecular flexibility index (Phi) is 4.68. The third kappa shape index (κ3) is 3.52. The van der Waals surface area contributed by atoms with Gasteiger partial charge in [-0.3, -0.25) is 0 Å². The molecule has 3 nitrogen and oxygen atoms in total. The fourth-order valence-electron chi connectivity index (χ4n) is 2.14. The Labute approximate surface area is 107 Å². The molecule has 0 aromatic heterocycles. The molecule has 1 aliphatic heterocycles. The van der Waals surface area contributed by atoms with Crippen molar-refractivity contribution in [2.75, 3.05) is 19.8 Å². The van der Waals surface area contributed by atoms with Crippen molar-refractivity contribution in [3.8, 4) is 6.07 Å². The highest BCUT2D eigenvalue weighted by molar-refractivity contribution is 5.33. The van der Waals surface area contributed by atoms with Crippen LogP contribution in [0, 0.1) is 23.1 Å². The minimum absolute atomic E-state index is 0.256. The number of ether oxygens (including phenoxy) is 1. The maximum Gasteiger partial charge on any atom is 0.127 e. The van der Waals surface area contributed by atoms with Crippen molar-refractivity contribution in [1.82, 2.24) is 5.32 Å². The Bertz CT molecular complexity index is 436. The van der Waals surface area contributed by atoms with Gasteiger partial charge in [0.05, 0.1) is 11.6 Å². The number of benzene rings is 1. The van der Waals surface area contributed by atoms with Gasteiger partial charge < -0.3 is 10.1 Å². The van der Waals surface area contributed by atoms with Gasteiger partial charge in [-0.1, -0.05) is 0 Å². The lowest BCUT2D eigenvalue weighted by Gasteiger charge is -2.22. The lowest BCUT2D eigenvalue weighted by molar-refractivity contribution is 0.0662. The first-order chi connectivity index (χ1) is 8.79. The summed E-state index contributed by atoms with van der Waals surface area (Å²) in [4.78, 5) is 0. The number of nitrogens with one attached hydrogen (secondary N) is 1. The molecule has 1 aliphatic rings. The van der Waals surface area contributed by atoms with Crippen molar-refractivity contribution in [3.05, 3.63) is 35.1 Å². The third-order valence-electron chi connectivity index (χ3n) is 3.26. The maximum absolute atomic E-state index is 13.5. The molecule has 2 rings (SSSR count). The second-order valence-corrected chi connectivity index (χ2v) is 4.60. The quantitative estimate of drug-likeness (QED) is 0.888. The molecule has 1 heterocycles. The Balaban J connectivity index is 1.84. The lowest BCUT2D eigenvalue weighted by atomic mass is 10.0. The van der Waals surface area contributed by atoms with Gasteiger partial charge in [-0.25, -0.2) is 4.39 Å². The van der Waals surface area contributed by atoms with E-state index in [-0.39, 0.29) is 5.82 Å². The zero-order valence-corrected chi connectivity index (χ0v) is 10.3. The monoisotopic (exact) mass is 248 g/mol. The predicted octanol–water partition coefficient (Wildman–Crippen LogP) is 2.21. The van der Waals surface area contributed by atoms with Crippen LogP contribution in [-0.2, 0) is 11.3 Å². The molecule has 0 spiro atoms. The van der Waals surface area contributed by atoms with Crippen molar-refractivity contribution in [3.63, 3.8) is 0 Å². The van der Waals surface area contributed by atoms with Crippen LogP contribution in [0.3, 0.4) is 0 Å². The second-order valence-electron chi connectivity index (χ2n) is 4.60. The minimum Gasteiger partial charge on any atom is -0.381 e. The molecule has 0 bridgehead atoms. The van der Waals surface area contributed by atoms with Crippen LogP contribution in [0.1, 0.15) is 24.0 Å². The number of nitriles is 1. The Hall–Kier alpha value is -1.44. The fourth-order valence-corrected chi connectivity index (χ4v) is 2.14. The average molecular weight is 248 g/mol. The highest BCUT2D eigenvalue weighted by Gasteiger charge is 2.13. The van der Waals surface area contributed by atoms with Crippen LogP contribution in [-0.4, -0.2) is 19.8 Å². The van der Waals surface area contributed by atoms with E-state index >= 15 is 0 Å².